The maximum Gasteiger partial charge on any atom is 0.220 e. The first-order valence-corrected chi connectivity index (χ1v) is 19.6. The first-order chi connectivity index (χ1) is 21.7. The van der Waals surface area contributed by atoms with Gasteiger partial charge in [-0.15, -0.1) is 0 Å². The molecule has 0 fully saturated rings. The topological polar surface area (TPSA) is 69.6 Å². The molecule has 4 heteroatoms. The third kappa shape index (κ3) is 32.3. The van der Waals surface area contributed by atoms with Crippen LogP contribution >= 0.6 is 0 Å². The lowest BCUT2D eigenvalue weighted by Crippen LogP contribution is -2.45. The van der Waals surface area contributed by atoms with E-state index >= 15 is 0 Å². The molecule has 0 spiro atoms. The van der Waals surface area contributed by atoms with Crippen molar-refractivity contribution in [2.45, 2.75) is 219 Å². The quantitative estimate of drug-likeness (QED) is 0.0488. The molecule has 0 saturated heterocycles. The molecule has 1 amide bonds. The van der Waals surface area contributed by atoms with E-state index in [1.807, 2.05) is 6.08 Å². The van der Waals surface area contributed by atoms with Crippen LogP contribution in [0, 0.1) is 0 Å². The number of carbonyl (C=O) groups excluding carboxylic acids is 1. The first kappa shape index (κ1) is 42.9. The van der Waals surface area contributed by atoms with Crippen LogP contribution < -0.4 is 5.32 Å². The van der Waals surface area contributed by atoms with Gasteiger partial charge in [0.2, 0.25) is 5.91 Å². The van der Waals surface area contributed by atoms with E-state index in [9.17, 15) is 15.0 Å². The summed E-state index contributed by atoms with van der Waals surface area (Å²) in [5, 5.41) is 22.8. The summed E-state index contributed by atoms with van der Waals surface area (Å²) in [6, 6.07) is -0.619. The fraction of sp³-hybridized carbons (Fsp3) is 0.875. The summed E-state index contributed by atoms with van der Waals surface area (Å²) in [4.78, 5) is 12.3. The number of hydrogen-bond donors (Lipinski definition) is 3. The van der Waals surface area contributed by atoms with Crippen molar-refractivity contribution < 1.29 is 15.0 Å². The average molecular weight is 620 g/mol. The van der Waals surface area contributed by atoms with E-state index < -0.39 is 12.1 Å². The minimum atomic E-state index is -0.835. The second-order valence-corrected chi connectivity index (χ2v) is 13.3. The Hall–Kier alpha value is -1.13. The highest BCUT2D eigenvalue weighted by molar-refractivity contribution is 5.76. The first-order valence-electron chi connectivity index (χ1n) is 19.6. The van der Waals surface area contributed by atoms with Crippen LogP contribution in [0.1, 0.15) is 206 Å². The number of hydrogen-bond acceptors (Lipinski definition) is 3. The standard InChI is InChI=1S/C40H77NO3/c1-3-5-7-9-11-13-14-15-16-17-18-19-20-21-22-23-24-25-26-28-30-32-34-36-40(44)41-38(37-42)39(43)35-33-31-29-27-12-10-8-6-4-2/h21-22,33,35,38-39,42-43H,3-20,23-32,34,36-37H2,1-2H3,(H,41,44)/b22-21-,35-33+. The lowest BCUT2D eigenvalue weighted by atomic mass is 10.0. The SMILES string of the molecule is CCCCCCCCC/C=C/C(O)C(CO)NC(=O)CCCCCCCCC/C=C\CCCCCCCCCCCCCC. The number of aliphatic hydroxyl groups excluding tert-OH is 2. The van der Waals surface area contributed by atoms with Crippen molar-refractivity contribution in [3.05, 3.63) is 24.3 Å². The van der Waals surface area contributed by atoms with Crippen LogP contribution in [0.3, 0.4) is 0 Å². The summed E-state index contributed by atoms with van der Waals surface area (Å²) in [5.41, 5.74) is 0. The van der Waals surface area contributed by atoms with Crippen molar-refractivity contribution in [1.82, 2.24) is 5.32 Å². The zero-order valence-electron chi connectivity index (χ0n) is 29.7. The van der Waals surface area contributed by atoms with E-state index in [0.29, 0.717) is 6.42 Å². The van der Waals surface area contributed by atoms with Crippen LogP contribution in [-0.4, -0.2) is 34.9 Å². The van der Waals surface area contributed by atoms with Crippen molar-refractivity contribution >= 4 is 5.91 Å². The molecule has 0 heterocycles. The number of amides is 1. The third-order valence-electron chi connectivity index (χ3n) is 8.93. The molecule has 0 rings (SSSR count). The van der Waals surface area contributed by atoms with E-state index in [1.54, 1.807) is 6.08 Å². The molecule has 2 atom stereocenters. The van der Waals surface area contributed by atoms with Gasteiger partial charge in [0.1, 0.15) is 0 Å². The molecule has 2 unspecified atom stereocenters. The lowest BCUT2D eigenvalue weighted by Gasteiger charge is -2.20. The van der Waals surface area contributed by atoms with Crippen LogP contribution in [0.15, 0.2) is 24.3 Å². The van der Waals surface area contributed by atoms with Gasteiger partial charge in [-0.25, -0.2) is 0 Å². The van der Waals surface area contributed by atoms with Gasteiger partial charge < -0.3 is 15.5 Å². The van der Waals surface area contributed by atoms with Gasteiger partial charge in [0.05, 0.1) is 18.8 Å². The molecule has 260 valence electrons. The number of allylic oxidation sites excluding steroid dienone is 3. The molecule has 3 N–H and O–H groups in total. The van der Waals surface area contributed by atoms with Gasteiger partial charge in [0.25, 0.3) is 0 Å². The van der Waals surface area contributed by atoms with Gasteiger partial charge in [-0.2, -0.15) is 0 Å². The number of rotatable bonds is 35. The molecule has 0 aromatic carbocycles. The molecule has 0 aliphatic heterocycles. The predicted octanol–water partition coefficient (Wildman–Crippen LogP) is 11.7. The Morgan fingerprint density at radius 1 is 0.523 bits per heavy atom. The van der Waals surface area contributed by atoms with Gasteiger partial charge in [0, 0.05) is 6.42 Å². The van der Waals surface area contributed by atoms with E-state index in [-0.39, 0.29) is 12.5 Å². The minimum Gasteiger partial charge on any atom is -0.394 e. The van der Waals surface area contributed by atoms with Gasteiger partial charge in [-0.1, -0.05) is 179 Å². The summed E-state index contributed by atoms with van der Waals surface area (Å²) in [5.74, 6) is -0.0705. The fourth-order valence-electron chi connectivity index (χ4n) is 5.88. The van der Waals surface area contributed by atoms with Gasteiger partial charge in [-0.05, 0) is 44.9 Å². The highest BCUT2D eigenvalue weighted by atomic mass is 16.3. The highest BCUT2D eigenvalue weighted by Crippen LogP contribution is 2.14. The molecule has 0 radical (unpaired) electrons. The van der Waals surface area contributed by atoms with Crippen LogP contribution in [0.5, 0.6) is 0 Å². The Labute approximate surface area is 275 Å². The summed E-state index contributed by atoms with van der Waals surface area (Å²) >= 11 is 0. The number of carbonyl (C=O) groups is 1. The zero-order valence-corrected chi connectivity index (χ0v) is 29.7. The van der Waals surface area contributed by atoms with E-state index in [4.69, 9.17) is 0 Å². The Balaban J connectivity index is 3.52. The van der Waals surface area contributed by atoms with Crippen LogP contribution in [-0.2, 0) is 4.79 Å². The fourth-order valence-corrected chi connectivity index (χ4v) is 5.88. The van der Waals surface area contributed by atoms with Gasteiger partial charge in [0.15, 0.2) is 0 Å². The Kier molecular flexibility index (Phi) is 35.4. The average Bonchev–Trinajstić information content (AvgIpc) is 3.03. The number of unbranched alkanes of at least 4 members (excludes halogenated alkanes) is 26. The molecule has 0 aliphatic carbocycles. The van der Waals surface area contributed by atoms with Crippen LogP contribution in [0.4, 0.5) is 0 Å². The zero-order chi connectivity index (χ0) is 32.2. The smallest absolute Gasteiger partial charge is 0.220 e. The highest BCUT2D eigenvalue weighted by Gasteiger charge is 2.17. The molecule has 0 saturated carbocycles. The Bertz CT molecular complexity index is 632. The summed E-state index contributed by atoms with van der Waals surface area (Å²) in [6.45, 7) is 4.28. The normalized spacial score (nSPS) is 13.3. The van der Waals surface area contributed by atoms with Gasteiger partial charge >= 0.3 is 0 Å². The molecule has 0 aromatic heterocycles. The Morgan fingerprint density at radius 3 is 1.25 bits per heavy atom. The Morgan fingerprint density at radius 2 is 0.864 bits per heavy atom. The van der Waals surface area contributed by atoms with Crippen LogP contribution in [0.2, 0.25) is 0 Å². The van der Waals surface area contributed by atoms with E-state index in [0.717, 1.165) is 25.7 Å². The monoisotopic (exact) mass is 620 g/mol. The van der Waals surface area contributed by atoms with Crippen molar-refractivity contribution in [1.29, 1.82) is 0 Å². The molecule has 0 aliphatic rings. The predicted molar refractivity (Wildman–Crippen MR) is 193 cm³/mol. The van der Waals surface area contributed by atoms with E-state index in [1.165, 1.54) is 161 Å². The van der Waals surface area contributed by atoms with Crippen molar-refractivity contribution in [2.24, 2.45) is 0 Å². The largest absolute Gasteiger partial charge is 0.394 e. The van der Waals surface area contributed by atoms with Crippen molar-refractivity contribution in [2.75, 3.05) is 6.61 Å². The van der Waals surface area contributed by atoms with Crippen molar-refractivity contribution in [3.63, 3.8) is 0 Å². The van der Waals surface area contributed by atoms with Crippen molar-refractivity contribution in [3.8, 4) is 0 Å². The second-order valence-electron chi connectivity index (χ2n) is 13.3. The maximum atomic E-state index is 12.3. The third-order valence-corrected chi connectivity index (χ3v) is 8.93. The molecular formula is C40H77NO3. The lowest BCUT2D eigenvalue weighted by molar-refractivity contribution is -0.123. The molecule has 44 heavy (non-hydrogen) atoms. The summed E-state index contributed by atoms with van der Waals surface area (Å²) < 4.78 is 0. The molecular weight excluding hydrogens is 542 g/mol. The summed E-state index contributed by atoms with van der Waals surface area (Å²) in [7, 11) is 0. The number of nitrogens with one attached hydrogen (secondary N) is 1. The van der Waals surface area contributed by atoms with Crippen LogP contribution in [0.25, 0.3) is 0 Å². The molecule has 0 aromatic rings. The molecule has 4 nitrogen and oxygen atoms in total. The minimum absolute atomic E-state index is 0.0705. The summed E-state index contributed by atoms with van der Waals surface area (Å²) in [6.07, 6.45) is 45.7. The number of aliphatic hydroxyl groups is 2. The van der Waals surface area contributed by atoms with E-state index in [2.05, 4.69) is 31.3 Å². The maximum absolute atomic E-state index is 12.3. The molecule has 0 bridgehead atoms. The second kappa shape index (κ2) is 36.3. The van der Waals surface area contributed by atoms with Gasteiger partial charge in [-0.3, -0.25) is 4.79 Å².